The molecular weight excluding hydrogens is 552 g/mol. The molecular formula is C33H34N2O8. The highest BCUT2D eigenvalue weighted by atomic mass is 16.6. The number of nitriles is 1. The van der Waals surface area contributed by atoms with Crippen LogP contribution >= 0.6 is 0 Å². The van der Waals surface area contributed by atoms with Gasteiger partial charge in [-0.25, -0.2) is 9.59 Å². The first-order valence-electron chi connectivity index (χ1n) is 14.4. The number of benzene rings is 1. The first kappa shape index (κ1) is 29.1. The minimum atomic E-state index is -1.35. The predicted octanol–water partition coefficient (Wildman–Crippen LogP) is 3.78. The number of aliphatic hydroxyl groups is 3. The van der Waals surface area contributed by atoms with Gasteiger partial charge in [0.05, 0.1) is 36.0 Å². The molecule has 0 saturated heterocycles. The molecule has 0 amide bonds. The number of hydrogen-bond acceptors (Lipinski definition) is 10. The van der Waals surface area contributed by atoms with Crippen LogP contribution in [-0.2, 0) is 4.74 Å². The van der Waals surface area contributed by atoms with Gasteiger partial charge < -0.3 is 29.2 Å². The fourth-order valence-electron chi connectivity index (χ4n) is 8.10. The minimum Gasteiger partial charge on any atom is -0.482 e. The molecule has 2 fully saturated rings. The summed E-state index contributed by atoms with van der Waals surface area (Å²) in [6.45, 7) is 5.25. The van der Waals surface area contributed by atoms with E-state index in [2.05, 4.69) is 4.98 Å². The van der Waals surface area contributed by atoms with Crippen LogP contribution < -0.4 is 10.4 Å². The van der Waals surface area contributed by atoms with Gasteiger partial charge in [-0.1, -0.05) is 13.8 Å². The van der Waals surface area contributed by atoms with E-state index in [9.17, 15) is 24.9 Å². The number of aromatic nitrogens is 1. The van der Waals surface area contributed by atoms with Crippen molar-refractivity contribution in [2.45, 2.75) is 63.9 Å². The maximum atomic E-state index is 13.5. The Balaban J connectivity index is 1.48. The van der Waals surface area contributed by atoms with Crippen LogP contribution in [0.2, 0.25) is 0 Å². The summed E-state index contributed by atoms with van der Waals surface area (Å²) >= 11 is 0. The number of fused-ring (bicyclic) bond motifs is 4. The predicted molar refractivity (Wildman–Crippen MR) is 153 cm³/mol. The summed E-state index contributed by atoms with van der Waals surface area (Å²) in [5, 5.41) is 42.9. The zero-order valence-corrected chi connectivity index (χ0v) is 24.2. The third kappa shape index (κ3) is 4.37. The molecule has 3 N–H and O–H groups in total. The van der Waals surface area contributed by atoms with E-state index in [0.29, 0.717) is 24.0 Å². The summed E-state index contributed by atoms with van der Waals surface area (Å²) in [4.78, 5) is 31.0. The van der Waals surface area contributed by atoms with E-state index in [1.807, 2.05) is 13.0 Å². The number of hydrogen-bond donors (Lipinski definition) is 3. The highest BCUT2D eigenvalue weighted by molar-refractivity contribution is 5.89. The van der Waals surface area contributed by atoms with Crippen molar-refractivity contribution < 1.29 is 34.0 Å². The topological polar surface area (TPSA) is 163 Å². The third-order valence-corrected chi connectivity index (χ3v) is 10.4. The Morgan fingerprint density at radius 1 is 1.19 bits per heavy atom. The zero-order chi connectivity index (χ0) is 30.7. The Morgan fingerprint density at radius 3 is 2.58 bits per heavy atom. The molecule has 0 radical (unpaired) electrons. The quantitative estimate of drug-likeness (QED) is 0.384. The summed E-state index contributed by atoms with van der Waals surface area (Å²) in [6, 6.07) is 13.1. The molecule has 2 saturated carbocycles. The van der Waals surface area contributed by atoms with Crippen molar-refractivity contribution in [1.29, 1.82) is 5.26 Å². The van der Waals surface area contributed by atoms with Crippen LogP contribution in [0, 0.1) is 34.0 Å². The van der Waals surface area contributed by atoms with Crippen LogP contribution in [0.4, 0.5) is 0 Å². The van der Waals surface area contributed by atoms with E-state index >= 15 is 0 Å². The molecule has 6 rings (SSSR count). The summed E-state index contributed by atoms with van der Waals surface area (Å²) in [6.07, 6.45) is 1.13. The van der Waals surface area contributed by atoms with Crippen molar-refractivity contribution in [1.82, 2.24) is 4.98 Å². The van der Waals surface area contributed by atoms with Gasteiger partial charge in [-0.05, 0) is 73.9 Å². The van der Waals surface area contributed by atoms with Crippen molar-refractivity contribution in [2.24, 2.45) is 22.7 Å². The van der Waals surface area contributed by atoms with Gasteiger partial charge >= 0.3 is 11.6 Å². The van der Waals surface area contributed by atoms with Gasteiger partial charge in [0, 0.05) is 35.4 Å². The van der Waals surface area contributed by atoms with E-state index in [4.69, 9.17) is 19.2 Å². The lowest BCUT2D eigenvalue weighted by atomic mass is 9.42. The second kappa shape index (κ2) is 10.3. The molecule has 1 aliphatic heterocycles. The summed E-state index contributed by atoms with van der Waals surface area (Å²) in [5.41, 5.74) is -2.60. The molecule has 43 heavy (non-hydrogen) atoms. The number of ether oxygens (including phenoxy) is 2. The number of pyridine rings is 1. The van der Waals surface area contributed by atoms with E-state index in [1.165, 1.54) is 24.3 Å². The summed E-state index contributed by atoms with van der Waals surface area (Å²) in [7, 11) is 0. The number of carbonyl (C=O) groups excluding carboxylic acids is 1. The molecule has 2 unspecified atom stereocenters. The van der Waals surface area contributed by atoms with Gasteiger partial charge in [0.25, 0.3) is 0 Å². The highest BCUT2D eigenvalue weighted by Crippen LogP contribution is 2.67. The molecule has 2 aromatic heterocycles. The van der Waals surface area contributed by atoms with Crippen molar-refractivity contribution in [2.75, 3.05) is 6.61 Å². The van der Waals surface area contributed by atoms with Crippen LogP contribution in [0.25, 0.3) is 11.3 Å². The number of nitrogens with zero attached hydrogens (tertiary/aromatic N) is 2. The van der Waals surface area contributed by atoms with Crippen LogP contribution in [0.1, 0.15) is 67.6 Å². The van der Waals surface area contributed by atoms with E-state index in [1.54, 1.807) is 44.4 Å². The third-order valence-electron chi connectivity index (χ3n) is 10.4. The first-order valence-corrected chi connectivity index (χ1v) is 14.4. The molecule has 3 aliphatic rings. The molecule has 2 aliphatic carbocycles. The maximum Gasteiger partial charge on any atom is 0.345 e. The molecule has 3 heterocycles. The maximum absolute atomic E-state index is 13.5. The molecule has 224 valence electrons. The second-order valence-electron chi connectivity index (χ2n) is 12.7. The molecule has 10 nitrogen and oxygen atoms in total. The molecule has 0 bridgehead atoms. The molecule has 8 atom stereocenters. The standard InChI is InChI=1S/C33H34N2O8/c1-31-11-10-24(37)32(2,17-36)23(31)14-25(42-29(39)19-8-6-18(15-34)7-9-19)33(3)28(31)27(38)26-22(43-33)13-21(41-30(26)40)20-5-4-12-35-16-20/h4-9,12-13,16,23-25,27-28,36-38H,10-11,14,17H2,1-3H3/t23?,24-,25-,27-,28?,31-,32+,33+/m0/s1. The average molecular weight is 587 g/mol. The van der Waals surface area contributed by atoms with Crippen molar-refractivity contribution in [3.63, 3.8) is 0 Å². The number of rotatable bonds is 4. The second-order valence-corrected chi connectivity index (χ2v) is 12.7. The minimum absolute atomic E-state index is 0.0222. The Hall–Kier alpha value is -4.04. The molecule has 3 aromatic rings. The highest BCUT2D eigenvalue weighted by Gasteiger charge is 2.70. The van der Waals surface area contributed by atoms with Crippen LogP contribution in [0.15, 0.2) is 64.1 Å². The normalized spacial score (nSPS) is 34.5. The first-order chi connectivity index (χ1) is 20.5. The Morgan fingerprint density at radius 2 is 1.93 bits per heavy atom. The molecule has 0 spiro atoms. The van der Waals surface area contributed by atoms with Crippen molar-refractivity contribution in [3.05, 3.63) is 82.0 Å². The van der Waals surface area contributed by atoms with Gasteiger partial charge in [0.15, 0.2) is 0 Å². The van der Waals surface area contributed by atoms with E-state index in [-0.39, 0.29) is 35.7 Å². The fraction of sp³-hybridized carbons (Fsp3) is 0.455. The number of esters is 1. The zero-order valence-electron chi connectivity index (χ0n) is 24.2. The largest absolute Gasteiger partial charge is 0.482 e. The van der Waals surface area contributed by atoms with E-state index < -0.39 is 58.2 Å². The Kier molecular flexibility index (Phi) is 6.96. The van der Waals surface area contributed by atoms with Gasteiger partial charge in [-0.3, -0.25) is 4.98 Å². The van der Waals surface area contributed by atoms with Gasteiger partial charge in [-0.2, -0.15) is 5.26 Å². The monoisotopic (exact) mass is 586 g/mol. The lowest BCUT2D eigenvalue weighted by molar-refractivity contribution is -0.263. The van der Waals surface area contributed by atoms with Gasteiger partial charge in [0.2, 0.25) is 0 Å². The average Bonchev–Trinajstić information content (AvgIpc) is 3.00. The van der Waals surface area contributed by atoms with Gasteiger partial charge in [0.1, 0.15) is 28.8 Å². The lowest BCUT2D eigenvalue weighted by Gasteiger charge is -2.66. The number of carbonyl (C=O) groups is 1. The molecule has 10 heteroatoms. The van der Waals surface area contributed by atoms with Crippen molar-refractivity contribution >= 4 is 5.97 Å². The fourth-order valence-corrected chi connectivity index (χ4v) is 8.10. The smallest absolute Gasteiger partial charge is 0.345 e. The summed E-state index contributed by atoms with van der Waals surface area (Å²) in [5.74, 6) is -1.48. The number of aliphatic hydroxyl groups excluding tert-OH is 3. The SMILES string of the molecule is C[C@]12CC[C@H](O)[C@](C)(CO)C1C[C@H](OC(=O)c1ccc(C#N)cc1)[C@@]1(C)Oc3cc(-c4cccnc4)oc(=O)c3[C@H](O)C21. The molecule has 1 aromatic carbocycles. The Labute approximate surface area is 248 Å². The van der Waals surface area contributed by atoms with E-state index in [0.717, 1.165) is 0 Å². The van der Waals surface area contributed by atoms with Crippen LogP contribution in [0.5, 0.6) is 5.75 Å². The summed E-state index contributed by atoms with van der Waals surface area (Å²) < 4.78 is 18.5. The lowest BCUT2D eigenvalue weighted by Crippen LogP contribution is -2.71. The Bertz CT molecular complexity index is 1650. The van der Waals surface area contributed by atoms with Crippen LogP contribution in [-0.4, -0.2) is 50.7 Å². The van der Waals surface area contributed by atoms with Crippen molar-refractivity contribution in [3.8, 4) is 23.1 Å². The van der Waals surface area contributed by atoms with Crippen LogP contribution in [0.3, 0.4) is 0 Å². The van der Waals surface area contributed by atoms with Gasteiger partial charge in [-0.15, -0.1) is 0 Å².